The highest BCUT2D eigenvalue weighted by Gasteiger charge is 2.35. The molecule has 1 heterocycles. The molecule has 0 atom stereocenters. The molecule has 0 bridgehead atoms. The molecule has 0 fully saturated rings. The summed E-state index contributed by atoms with van der Waals surface area (Å²) in [5, 5.41) is 2.51. The van der Waals surface area contributed by atoms with Gasteiger partial charge in [0, 0.05) is 24.7 Å². The molecule has 1 aromatic heterocycles. The van der Waals surface area contributed by atoms with Crippen LogP contribution in [0.4, 0.5) is 18.0 Å². The molecule has 0 saturated heterocycles. The van der Waals surface area contributed by atoms with Gasteiger partial charge in [0.15, 0.2) is 0 Å². The number of carbonyl (C=O) groups excluding carboxylic acids is 1. The molecule has 2 rings (SSSR count). The van der Waals surface area contributed by atoms with E-state index in [4.69, 9.17) is 4.74 Å². The van der Waals surface area contributed by atoms with Crippen molar-refractivity contribution < 1.29 is 27.4 Å². The summed E-state index contributed by atoms with van der Waals surface area (Å²) < 4.78 is 48.4. The minimum Gasteiger partial charge on any atom is -0.481 e. The molecule has 1 aromatic carbocycles. The first-order valence-corrected chi connectivity index (χ1v) is 7.95. The lowest BCUT2D eigenvalue weighted by molar-refractivity contribution is -0.139. The lowest BCUT2D eigenvalue weighted by Crippen LogP contribution is -2.24. The van der Waals surface area contributed by atoms with Crippen LogP contribution in [0.15, 0.2) is 42.6 Å². The zero-order valence-corrected chi connectivity index (χ0v) is 14.5. The number of alkyl halides is 3. The van der Waals surface area contributed by atoms with Crippen LogP contribution >= 0.6 is 0 Å². The Balaban J connectivity index is 1.81. The van der Waals surface area contributed by atoms with Gasteiger partial charge in [-0.15, -0.1) is 0 Å². The van der Waals surface area contributed by atoms with Crippen molar-refractivity contribution in [3.8, 4) is 17.7 Å². The molecule has 0 aliphatic carbocycles. The molecule has 27 heavy (non-hydrogen) atoms. The van der Waals surface area contributed by atoms with Gasteiger partial charge in [-0.25, -0.2) is 9.78 Å². The number of nitrogens with one attached hydrogen (secondary N) is 1. The number of amides is 1. The molecular formula is C19H17F3N2O3. The van der Waals surface area contributed by atoms with Crippen LogP contribution < -0.4 is 10.1 Å². The summed E-state index contributed by atoms with van der Waals surface area (Å²) in [7, 11) is 1.12. The van der Waals surface area contributed by atoms with Crippen molar-refractivity contribution in [3.63, 3.8) is 0 Å². The van der Waals surface area contributed by atoms with Crippen molar-refractivity contribution in [1.29, 1.82) is 0 Å². The Hall–Kier alpha value is -3.21. The van der Waals surface area contributed by atoms with Gasteiger partial charge in [-0.05, 0) is 11.6 Å². The molecule has 1 amide bonds. The van der Waals surface area contributed by atoms with Gasteiger partial charge in [0.25, 0.3) is 0 Å². The van der Waals surface area contributed by atoms with Gasteiger partial charge in [-0.1, -0.05) is 42.2 Å². The van der Waals surface area contributed by atoms with Crippen LogP contribution in [0, 0.1) is 11.8 Å². The van der Waals surface area contributed by atoms with E-state index in [1.165, 1.54) is 6.20 Å². The van der Waals surface area contributed by atoms with Crippen molar-refractivity contribution in [2.75, 3.05) is 13.7 Å². The summed E-state index contributed by atoms with van der Waals surface area (Å²) in [6, 6.07) is 10.1. The second-order valence-corrected chi connectivity index (χ2v) is 5.32. The number of halogens is 3. The number of benzene rings is 1. The maximum atomic E-state index is 12.9. The number of ether oxygens (including phenoxy) is 2. The first kappa shape index (κ1) is 20.1. The van der Waals surface area contributed by atoms with Crippen molar-refractivity contribution >= 4 is 6.09 Å². The smallest absolute Gasteiger partial charge is 0.421 e. The quantitative estimate of drug-likeness (QED) is 0.636. The van der Waals surface area contributed by atoms with E-state index >= 15 is 0 Å². The summed E-state index contributed by atoms with van der Waals surface area (Å²) in [5.74, 6) is 4.75. The number of methoxy groups -OCH3 is 1. The average Bonchev–Trinajstić information content (AvgIpc) is 2.66. The lowest BCUT2D eigenvalue weighted by Gasteiger charge is -2.10. The largest absolute Gasteiger partial charge is 0.481 e. The molecule has 0 aliphatic heterocycles. The fourth-order valence-electron chi connectivity index (χ4n) is 2.05. The van der Waals surface area contributed by atoms with Crippen LogP contribution in [0.5, 0.6) is 5.88 Å². The number of aromatic nitrogens is 1. The van der Waals surface area contributed by atoms with Gasteiger partial charge in [0.1, 0.15) is 12.2 Å². The predicted molar refractivity (Wildman–Crippen MR) is 91.9 cm³/mol. The number of hydrogen-bond acceptors (Lipinski definition) is 4. The standard InChI is InChI=1S/C19H17F3N2O3/c1-26-17-16(19(20,21)22)11-15(12-24-17)9-5-6-10-23-18(25)27-13-14-7-3-2-4-8-14/h2-4,7-8,11-12H,6,10,13H2,1H3,(H,23,25). The molecule has 0 unspecified atom stereocenters. The molecule has 8 heteroatoms. The van der Waals surface area contributed by atoms with Crippen molar-refractivity contribution in [1.82, 2.24) is 10.3 Å². The molecule has 0 spiro atoms. The lowest BCUT2D eigenvalue weighted by atomic mass is 10.2. The molecule has 142 valence electrons. The van der Waals surface area contributed by atoms with Crippen LogP contribution in [-0.4, -0.2) is 24.7 Å². The number of carbonyl (C=O) groups is 1. The van der Waals surface area contributed by atoms with E-state index in [9.17, 15) is 18.0 Å². The number of nitrogens with zero attached hydrogens (tertiary/aromatic N) is 1. The second-order valence-electron chi connectivity index (χ2n) is 5.32. The topological polar surface area (TPSA) is 60.5 Å². The number of alkyl carbamates (subject to hydrolysis) is 1. The van der Waals surface area contributed by atoms with Gasteiger partial charge >= 0.3 is 12.3 Å². The Labute approximate surface area is 154 Å². The SMILES string of the molecule is COc1ncc(C#CCCNC(=O)OCc2ccccc2)cc1C(F)(F)F. The van der Waals surface area contributed by atoms with E-state index in [1.807, 2.05) is 30.3 Å². The highest BCUT2D eigenvalue weighted by atomic mass is 19.4. The molecule has 1 N–H and O–H groups in total. The molecule has 0 saturated carbocycles. The van der Waals surface area contributed by atoms with Crippen LogP contribution in [0.2, 0.25) is 0 Å². The van der Waals surface area contributed by atoms with Crippen LogP contribution in [0.1, 0.15) is 23.1 Å². The third-order valence-corrected chi connectivity index (χ3v) is 3.31. The minimum absolute atomic E-state index is 0.106. The van der Waals surface area contributed by atoms with Gasteiger partial charge in [0.2, 0.25) is 5.88 Å². The Morgan fingerprint density at radius 1 is 1.26 bits per heavy atom. The number of hydrogen-bond donors (Lipinski definition) is 1. The van der Waals surface area contributed by atoms with Gasteiger partial charge < -0.3 is 14.8 Å². The Kier molecular flexibility index (Phi) is 7.06. The zero-order valence-electron chi connectivity index (χ0n) is 14.5. The fraction of sp³-hybridized carbons (Fsp3) is 0.263. The molecule has 0 aliphatic rings. The van der Waals surface area contributed by atoms with E-state index in [0.717, 1.165) is 18.7 Å². The maximum Gasteiger partial charge on any atom is 0.421 e. The first-order chi connectivity index (χ1) is 12.9. The summed E-state index contributed by atoms with van der Waals surface area (Å²) >= 11 is 0. The third kappa shape index (κ3) is 6.55. The first-order valence-electron chi connectivity index (χ1n) is 7.95. The molecular weight excluding hydrogens is 361 g/mol. The molecule has 0 radical (unpaired) electrons. The normalized spacial score (nSPS) is 10.5. The minimum atomic E-state index is -4.58. The Morgan fingerprint density at radius 3 is 2.67 bits per heavy atom. The number of pyridine rings is 1. The summed E-state index contributed by atoms with van der Waals surface area (Å²) in [4.78, 5) is 15.2. The monoisotopic (exact) mass is 378 g/mol. The average molecular weight is 378 g/mol. The van der Waals surface area contributed by atoms with Gasteiger partial charge in [-0.3, -0.25) is 0 Å². The summed E-state index contributed by atoms with van der Waals surface area (Å²) in [6.45, 7) is 0.354. The van der Waals surface area contributed by atoms with Gasteiger partial charge in [-0.2, -0.15) is 13.2 Å². The third-order valence-electron chi connectivity index (χ3n) is 3.31. The summed E-state index contributed by atoms with van der Waals surface area (Å²) in [5.41, 5.74) is -0.0193. The zero-order chi connectivity index (χ0) is 19.7. The maximum absolute atomic E-state index is 12.9. The van der Waals surface area contributed by atoms with E-state index in [0.29, 0.717) is 0 Å². The van der Waals surface area contributed by atoms with Crippen molar-refractivity contribution in [2.24, 2.45) is 0 Å². The molecule has 2 aromatic rings. The predicted octanol–water partition coefficient (Wildman–Crippen LogP) is 3.78. The van der Waals surface area contributed by atoms with Crippen LogP contribution in [0.3, 0.4) is 0 Å². The second kappa shape index (κ2) is 9.48. The molecule has 5 nitrogen and oxygen atoms in total. The summed E-state index contributed by atoms with van der Waals surface area (Å²) in [6.07, 6.45) is -3.73. The number of rotatable bonds is 5. The Morgan fingerprint density at radius 2 is 2.00 bits per heavy atom. The van der Waals surface area contributed by atoms with Crippen molar-refractivity contribution in [2.45, 2.75) is 19.2 Å². The van der Waals surface area contributed by atoms with E-state index in [-0.39, 0.29) is 25.1 Å². The van der Waals surface area contributed by atoms with Crippen LogP contribution in [-0.2, 0) is 17.5 Å². The van der Waals surface area contributed by atoms with E-state index in [2.05, 4.69) is 26.9 Å². The highest BCUT2D eigenvalue weighted by molar-refractivity contribution is 5.67. The van der Waals surface area contributed by atoms with Gasteiger partial charge in [0.05, 0.1) is 7.11 Å². The van der Waals surface area contributed by atoms with Crippen molar-refractivity contribution in [3.05, 3.63) is 59.3 Å². The fourth-order valence-corrected chi connectivity index (χ4v) is 2.05. The van der Waals surface area contributed by atoms with Crippen LogP contribution in [0.25, 0.3) is 0 Å². The van der Waals surface area contributed by atoms with E-state index in [1.54, 1.807) is 0 Å². The Bertz CT molecular complexity index is 828. The van der Waals surface area contributed by atoms with E-state index < -0.39 is 23.7 Å². The highest BCUT2D eigenvalue weighted by Crippen LogP contribution is 2.35.